The van der Waals surface area contributed by atoms with E-state index >= 15 is 0 Å². The van der Waals surface area contributed by atoms with E-state index in [2.05, 4.69) is 5.32 Å². The highest BCUT2D eigenvalue weighted by Crippen LogP contribution is 2.29. The molecule has 0 aliphatic rings. The van der Waals surface area contributed by atoms with Gasteiger partial charge in [-0.1, -0.05) is 12.1 Å². The fourth-order valence-corrected chi connectivity index (χ4v) is 1.53. The van der Waals surface area contributed by atoms with Gasteiger partial charge in [0.2, 0.25) is 5.91 Å². The van der Waals surface area contributed by atoms with E-state index in [9.17, 15) is 9.18 Å². The van der Waals surface area contributed by atoms with Gasteiger partial charge >= 0.3 is 0 Å². The van der Waals surface area contributed by atoms with Gasteiger partial charge in [0.05, 0.1) is 11.5 Å². The third-order valence-electron chi connectivity index (χ3n) is 3.87. The molecular weight excluding hydrogens is 243 g/mol. The van der Waals surface area contributed by atoms with Crippen molar-refractivity contribution >= 4 is 5.91 Å². The van der Waals surface area contributed by atoms with Crippen LogP contribution in [0, 0.1) is 11.2 Å². The fourth-order valence-electron chi connectivity index (χ4n) is 1.53. The molecule has 1 aromatic rings. The van der Waals surface area contributed by atoms with Crippen LogP contribution in [0.5, 0.6) is 0 Å². The topological polar surface area (TPSA) is 55.1 Å². The molecule has 106 valence electrons. The van der Waals surface area contributed by atoms with E-state index in [4.69, 9.17) is 5.73 Å². The lowest BCUT2D eigenvalue weighted by Gasteiger charge is -2.37. The molecule has 0 bridgehead atoms. The lowest BCUT2D eigenvalue weighted by molar-refractivity contribution is -0.132. The number of hydrogen-bond acceptors (Lipinski definition) is 2. The second-order valence-electron chi connectivity index (χ2n) is 6.10. The molecule has 1 aromatic carbocycles. The predicted octanol–water partition coefficient (Wildman–Crippen LogP) is 2.77. The van der Waals surface area contributed by atoms with Crippen LogP contribution in [-0.2, 0) is 4.79 Å². The molecule has 1 amide bonds. The van der Waals surface area contributed by atoms with Gasteiger partial charge in [-0.2, -0.15) is 0 Å². The summed E-state index contributed by atoms with van der Waals surface area (Å²) >= 11 is 0. The Balaban J connectivity index is 2.83. The van der Waals surface area contributed by atoms with Gasteiger partial charge < -0.3 is 11.1 Å². The van der Waals surface area contributed by atoms with Crippen molar-refractivity contribution in [2.45, 2.75) is 46.2 Å². The van der Waals surface area contributed by atoms with Crippen LogP contribution >= 0.6 is 0 Å². The minimum atomic E-state index is -0.714. The smallest absolute Gasteiger partial charge is 0.227 e. The first-order valence-corrected chi connectivity index (χ1v) is 6.41. The SMILES string of the molecule is C[C@H](NC(=O)C(C)(C)C(C)(C)N)c1cccc(F)c1. The van der Waals surface area contributed by atoms with Crippen molar-refractivity contribution in [3.8, 4) is 0 Å². The molecule has 3 N–H and O–H groups in total. The summed E-state index contributed by atoms with van der Waals surface area (Å²) in [5.74, 6) is -0.450. The molecule has 0 aliphatic carbocycles. The van der Waals surface area contributed by atoms with E-state index in [1.807, 2.05) is 20.8 Å². The van der Waals surface area contributed by atoms with Crippen LogP contribution < -0.4 is 11.1 Å². The zero-order valence-corrected chi connectivity index (χ0v) is 12.3. The van der Waals surface area contributed by atoms with Crippen LogP contribution in [0.2, 0.25) is 0 Å². The van der Waals surface area contributed by atoms with E-state index in [1.165, 1.54) is 12.1 Å². The average molecular weight is 266 g/mol. The average Bonchev–Trinajstić information content (AvgIpc) is 2.27. The summed E-state index contributed by atoms with van der Waals surface area (Å²) in [6, 6.07) is 5.96. The largest absolute Gasteiger partial charge is 0.349 e. The number of carbonyl (C=O) groups is 1. The first kappa shape index (κ1) is 15.6. The molecule has 3 nitrogen and oxygen atoms in total. The van der Waals surface area contributed by atoms with Gasteiger partial charge in [-0.15, -0.1) is 0 Å². The number of nitrogens with two attached hydrogens (primary N) is 1. The minimum Gasteiger partial charge on any atom is -0.349 e. The number of hydrogen-bond donors (Lipinski definition) is 2. The maximum atomic E-state index is 13.2. The van der Waals surface area contributed by atoms with E-state index in [1.54, 1.807) is 26.0 Å². The Bertz CT molecular complexity index is 463. The molecule has 0 saturated carbocycles. The molecule has 0 saturated heterocycles. The summed E-state index contributed by atoms with van der Waals surface area (Å²) < 4.78 is 13.2. The Kier molecular flexibility index (Phi) is 4.35. The molecular formula is C15H23FN2O. The summed E-state index contributed by atoms with van der Waals surface area (Å²) in [5, 5.41) is 2.88. The summed E-state index contributed by atoms with van der Waals surface area (Å²) in [4.78, 5) is 12.3. The number of rotatable bonds is 4. The fraction of sp³-hybridized carbons (Fsp3) is 0.533. The van der Waals surface area contributed by atoms with Crippen molar-refractivity contribution < 1.29 is 9.18 Å². The molecule has 1 atom stereocenters. The zero-order valence-electron chi connectivity index (χ0n) is 12.3. The van der Waals surface area contributed by atoms with E-state index < -0.39 is 11.0 Å². The van der Waals surface area contributed by atoms with Crippen molar-refractivity contribution in [3.63, 3.8) is 0 Å². The van der Waals surface area contributed by atoms with E-state index in [-0.39, 0.29) is 17.8 Å². The molecule has 0 radical (unpaired) electrons. The Hall–Kier alpha value is -1.42. The van der Waals surface area contributed by atoms with Crippen molar-refractivity contribution in [1.29, 1.82) is 0 Å². The Morgan fingerprint density at radius 2 is 1.89 bits per heavy atom. The first-order valence-electron chi connectivity index (χ1n) is 6.41. The second-order valence-corrected chi connectivity index (χ2v) is 6.10. The lowest BCUT2D eigenvalue weighted by atomic mass is 9.74. The van der Waals surface area contributed by atoms with Crippen molar-refractivity contribution in [1.82, 2.24) is 5.32 Å². The van der Waals surface area contributed by atoms with Crippen molar-refractivity contribution in [2.24, 2.45) is 11.1 Å². The van der Waals surface area contributed by atoms with Crippen LogP contribution in [0.1, 0.15) is 46.2 Å². The van der Waals surface area contributed by atoms with Crippen LogP contribution in [0.4, 0.5) is 4.39 Å². The summed E-state index contributed by atoms with van der Waals surface area (Å²) in [5.41, 5.74) is 5.41. The highest BCUT2D eigenvalue weighted by Gasteiger charge is 2.40. The molecule has 19 heavy (non-hydrogen) atoms. The summed E-state index contributed by atoms with van der Waals surface area (Å²) in [6.07, 6.45) is 0. The summed E-state index contributed by atoms with van der Waals surface area (Å²) in [6.45, 7) is 9.08. The van der Waals surface area contributed by atoms with Gasteiger partial charge in [0, 0.05) is 5.54 Å². The van der Waals surface area contributed by atoms with E-state index in [0.717, 1.165) is 5.56 Å². The van der Waals surface area contributed by atoms with Crippen LogP contribution in [0.15, 0.2) is 24.3 Å². The second kappa shape index (κ2) is 5.29. The third-order valence-corrected chi connectivity index (χ3v) is 3.87. The maximum Gasteiger partial charge on any atom is 0.227 e. The molecule has 0 unspecified atom stereocenters. The number of halogens is 1. The third kappa shape index (κ3) is 3.53. The maximum absolute atomic E-state index is 13.2. The first-order chi connectivity index (χ1) is 8.55. The standard InChI is InChI=1S/C15H23FN2O/c1-10(11-7-6-8-12(16)9-11)18-13(19)14(2,3)15(4,5)17/h6-10H,17H2,1-5H3,(H,18,19)/t10-/m0/s1. The molecule has 0 aromatic heterocycles. The lowest BCUT2D eigenvalue weighted by Crippen LogP contribution is -2.55. The normalized spacial score (nSPS) is 14.1. The van der Waals surface area contributed by atoms with Crippen molar-refractivity contribution in [3.05, 3.63) is 35.6 Å². The Morgan fingerprint density at radius 1 is 1.32 bits per heavy atom. The quantitative estimate of drug-likeness (QED) is 0.880. The molecule has 4 heteroatoms. The molecule has 1 rings (SSSR count). The minimum absolute atomic E-state index is 0.142. The van der Waals surface area contributed by atoms with Crippen molar-refractivity contribution in [2.75, 3.05) is 0 Å². The number of amides is 1. The van der Waals surface area contributed by atoms with Gasteiger partial charge in [-0.05, 0) is 52.3 Å². The van der Waals surface area contributed by atoms with Gasteiger partial charge in [0.1, 0.15) is 5.82 Å². The number of carbonyl (C=O) groups excluding carboxylic acids is 1. The zero-order chi connectivity index (χ0) is 14.8. The Labute approximate surface area is 114 Å². The van der Waals surface area contributed by atoms with Crippen LogP contribution in [0.25, 0.3) is 0 Å². The predicted molar refractivity (Wildman–Crippen MR) is 75.0 cm³/mol. The van der Waals surface area contributed by atoms with E-state index in [0.29, 0.717) is 0 Å². The van der Waals surface area contributed by atoms with Gasteiger partial charge in [-0.3, -0.25) is 4.79 Å². The van der Waals surface area contributed by atoms with Crippen LogP contribution in [0.3, 0.4) is 0 Å². The Morgan fingerprint density at radius 3 is 2.37 bits per heavy atom. The molecule has 0 aliphatic heterocycles. The van der Waals surface area contributed by atoms with Gasteiger partial charge in [-0.25, -0.2) is 4.39 Å². The highest BCUT2D eigenvalue weighted by molar-refractivity contribution is 5.83. The monoisotopic (exact) mass is 266 g/mol. The van der Waals surface area contributed by atoms with Crippen LogP contribution in [-0.4, -0.2) is 11.4 Å². The molecule has 0 fully saturated rings. The number of benzene rings is 1. The van der Waals surface area contributed by atoms with Gasteiger partial charge in [0.15, 0.2) is 0 Å². The van der Waals surface area contributed by atoms with Gasteiger partial charge in [0.25, 0.3) is 0 Å². The number of nitrogens with one attached hydrogen (secondary N) is 1. The highest BCUT2D eigenvalue weighted by atomic mass is 19.1. The molecule has 0 heterocycles. The molecule has 0 spiro atoms. The summed E-state index contributed by atoms with van der Waals surface area (Å²) in [7, 11) is 0.